The summed E-state index contributed by atoms with van der Waals surface area (Å²) in [6.07, 6.45) is 9.68. The topological polar surface area (TPSA) is 71.5 Å². The van der Waals surface area contributed by atoms with E-state index in [-0.39, 0.29) is 6.61 Å². The van der Waals surface area contributed by atoms with Gasteiger partial charge in [0, 0.05) is 19.0 Å². The fourth-order valence-electron chi connectivity index (χ4n) is 1.99. The van der Waals surface area contributed by atoms with Gasteiger partial charge in [-0.25, -0.2) is 4.79 Å². The predicted octanol–water partition coefficient (Wildman–Crippen LogP) is 1.11. The summed E-state index contributed by atoms with van der Waals surface area (Å²) in [6, 6.07) is 1.68. The Labute approximate surface area is 105 Å². The molecular weight excluding hydrogens is 232 g/mol. The van der Waals surface area contributed by atoms with Crippen LogP contribution in [0, 0.1) is 12.3 Å². The van der Waals surface area contributed by atoms with Gasteiger partial charge >= 0.3 is 5.97 Å². The van der Waals surface area contributed by atoms with Crippen LogP contribution >= 0.6 is 0 Å². The molecule has 1 atom stereocenters. The van der Waals surface area contributed by atoms with Crippen molar-refractivity contribution in [2.75, 3.05) is 18.5 Å². The number of carbonyl (C=O) groups is 1. The molecule has 5 nitrogen and oxygen atoms in total. The minimum Gasteiger partial charge on any atom is -0.479 e. The maximum atomic E-state index is 11.5. The third-order valence-electron chi connectivity index (χ3n) is 3.00. The van der Waals surface area contributed by atoms with Crippen molar-refractivity contribution in [2.24, 2.45) is 0 Å². The molecule has 0 aromatic carbocycles. The molecule has 0 bridgehead atoms. The predicted molar refractivity (Wildman–Crippen MR) is 66.2 cm³/mol. The third kappa shape index (κ3) is 2.29. The number of anilines is 1. The standard InChI is InChI=1S/C13H14N2O3/c1-2-10-8-14-6-4-11(10)15-13(12(16)17)5-3-7-18-9-13/h1,4,6,8H,3,5,7,9H2,(H,14,15)(H,16,17). The van der Waals surface area contributed by atoms with Gasteiger partial charge in [0.2, 0.25) is 0 Å². The Morgan fingerprint density at radius 2 is 2.50 bits per heavy atom. The second kappa shape index (κ2) is 5.07. The molecule has 2 N–H and O–H groups in total. The SMILES string of the molecule is C#Cc1cnccc1NC1(C(=O)O)CCCOC1. The number of carboxylic acid groups (broad SMARTS) is 1. The zero-order valence-electron chi connectivity index (χ0n) is 9.85. The van der Waals surface area contributed by atoms with Crippen LogP contribution in [0.25, 0.3) is 0 Å². The fraction of sp³-hybridized carbons (Fsp3) is 0.385. The third-order valence-corrected chi connectivity index (χ3v) is 3.00. The van der Waals surface area contributed by atoms with Crippen LogP contribution in [0.4, 0.5) is 5.69 Å². The summed E-state index contributed by atoms with van der Waals surface area (Å²) in [7, 11) is 0. The second-order valence-electron chi connectivity index (χ2n) is 4.23. The highest BCUT2D eigenvalue weighted by Gasteiger charge is 2.41. The van der Waals surface area contributed by atoms with E-state index < -0.39 is 11.5 Å². The molecule has 0 radical (unpaired) electrons. The first-order valence-electron chi connectivity index (χ1n) is 5.68. The van der Waals surface area contributed by atoms with Gasteiger partial charge in [0.15, 0.2) is 5.54 Å². The fourth-order valence-corrected chi connectivity index (χ4v) is 1.99. The highest BCUT2D eigenvalue weighted by molar-refractivity contribution is 5.83. The van der Waals surface area contributed by atoms with E-state index in [4.69, 9.17) is 11.2 Å². The maximum absolute atomic E-state index is 11.5. The quantitative estimate of drug-likeness (QED) is 0.782. The Bertz CT molecular complexity index is 487. The monoisotopic (exact) mass is 246 g/mol. The van der Waals surface area contributed by atoms with Gasteiger partial charge in [-0.3, -0.25) is 4.98 Å². The molecule has 1 aromatic rings. The van der Waals surface area contributed by atoms with E-state index in [1.807, 2.05) is 0 Å². The molecule has 18 heavy (non-hydrogen) atoms. The van der Waals surface area contributed by atoms with Crippen molar-refractivity contribution in [3.63, 3.8) is 0 Å². The molecular formula is C13H14N2O3. The molecule has 2 heterocycles. The van der Waals surface area contributed by atoms with Gasteiger partial charge in [-0.05, 0) is 18.9 Å². The van der Waals surface area contributed by atoms with E-state index in [2.05, 4.69) is 16.2 Å². The number of terminal acetylenes is 1. The minimum atomic E-state index is -1.11. The van der Waals surface area contributed by atoms with Crippen molar-refractivity contribution in [2.45, 2.75) is 18.4 Å². The lowest BCUT2D eigenvalue weighted by atomic mass is 9.92. The number of hydrogen-bond acceptors (Lipinski definition) is 4. The number of carboxylic acids is 1. The molecule has 2 rings (SSSR count). The molecule has 1 fully saturated rings. The van der Waals surface area contributed by atoms with Crippen LogP contribution in [0.15, 0.2) is 18.5 Å². The Kier molecular flexibility index (Phi) is 3.49. The molecule has 5 heteroatoms. The van der Waals surface area contributed by atoms with Crippen molar-refractivity contribution in [3.05, 3.63) is 24.0 Å². The van der Waals surface area contributed by atoms with Crippen LogP contribution in [0.2, 0.25) is 0 Å². The molecule has 1 unspecified atom stereocenters. The van der Waals surface area contributed by atoms with Gasteiger partial charge in [0.1, 0.15) is 0 Å². The van der Waals surface area contributed by atoms with Gasteiger partial charge in [-0.1, -0.05) is 5.92 Å². The highest BCUT2D eigenvalue weighted by atomic mass is 16.5. The van der Waals surface area contributed by atoms with Crippen molar-refractivity contribution in [3.8, 4) is 12.3 Å². The average Bonchev–Trinajstić information content (AvgIpc) is 2.40. The van der Waals surface area contributed by atoms with Crippen LogP contribution in [0.1, 0.15) is 18.4 Å². The molecule has 1 aliphatic heterocycles. The summed E-state index contributed by atoms with van der Waals surface area (Å²) in [5, 5.41) is 12.4. The summed E-state index contributed by atoms with van der Waals surface area (Å²) < 4.78 is 5.28. The number of hydrogen-bond donors (Lipinski definition) is 2. The van der Waals surface area contributed by atoms with Gasteiger partial charge in [-0.2, -0.15) is 0 Å². The Morgan fingerprint density at radius 3 is 3.11 bits per heavy atom. The number of rotatable bonds is 3. The molecule has 0 spiro atoms. The molecule has 1 aromatic heterocycles. The lowest BCUT2D eigenvalue weighted by molar-refractivity contribution is -0.146. The Balaban J connectivity index is 2.29. The number of nitrogens with one attached hydrogen (secondary N) is 1. The van der Waals surface area contributed by atoms with E-state index in [1.54, 1.807) is 12.3 Å². The average molecular weight is 246 g/mol. The molecule has 1 saturated heterocycles. The number of ether oxygens (including phenoxy) is 1. The van der Waals surface area contributed by atoms with E-state index in [0.29, 0.717) is 30.7 Å². The van der Waals surface area contributed by atoms with Crippen molar-refractivity contribution >= 4 is 11.7 Å². The number of pyridine rings is 1. The summed E-state index contributed by atoms with van der Waals surface area (Å²) in [5.41, 5.74) is 0.0367. The molecule has 94 valence electrons. The van der Waals surface area contributed by atoms with Crippen molar-refractivity contribution < 1.29 is 14.6 Å². The van der Waals surface area contributed by atoms with Crippen LogP contribution in [-0.4, -0.2) is 34.8 Å². The van der Waals surface area contributed by atoms with Crippen LogP contribution in [0.3, 0.4) is 0 Å². The number of aliphatic carboxylic acids is 1. The zero-order chi connectivity index (χ0) is 13.0. The lowest BCUT2D eigenvalue weighted by Crippen LogP contribution is -2.52. The van der Waals surface area contributed by atoms with E-state index in [9.17, 15) is 9.90 Å². The summed E-state index contributed by atoms with van der Waals surface area (Å²) in [6.45, 7) is 0.726. The highest BCUT2D eigenvalue weighted by Crippen LogP contribution is 2.26. The first-order valence-corrected chi connectivity index (χ1v) is 5.68. The van der Waals surface area contributed by atoms with E-state index >= 15 is 0 Å². The summed E-state index contributed by atoms with van der Waals surface area (Å²) in [5.74, 6) is 1.55. The summed E-state index contributed by atoms with van der Waals surface area (Å²) in [4.78, 5) is 15.4. The van der Waals surface area contributed by atoms with E-state index in [0.717, 1.165) is 0 Å². The zero-order valence-corrected chi connectivity index (χ0v) is 9.85. The van der Waals surface area contributed by atoms with Crippen LogP contribution in [0.5, 0.6) is 0 Å². The van der Waals surface area contributed by atoms with E-state index in [1.165, 1.54) is 6.20 Å². The van der Waals surface area contributed by atoms with Crippen LogP contribution in [-0.2, 0) is 9.53 Å². The summed E-state index contributed by atoms with van der Waals surface area (Å²) >= 11 is 0. The van der Waals surface area contributed by atoms with Gasteiger partial charge in [-0.15, -0.1) is 6.42 Å². The molecule has 0 amide bonds. The van der Waals surface area contributed by atoms with Gasteiger partial charge in [0.05, 0.1) is 17.9 Å². The Hall–Kier alpha value is -2.06. The Morgan fingerprint density at radius 1 is 1.67 bits per heavy atom. The van der Waals surface area contributed by atoms with Crippen LogP contribution < -0.4 is 5.32 Å². The largest absolute Gasteiger partial charge is 0.479 e. The van der Waals surface area contributed by atoms with Gasteiger partial charge < -0.3 is 15.2 Å². The molecule has 1 aliphatic rings. The second-order valence-corrected chi connectivity index (χ2v) is 4.23. The normalized spacial score (nSPS) is 23.1. The first kappa shape index (κ1) is 12.4. The first-order chi connectivity index (χ1) is 8.68. The van der Waals surface area contributed by atoms with Gasteiger partial charge in [0.25, 0.3) is 0 Å². The maximum Gasteiger partial charge on any atom is 0.331 e. The number of nitrogens with zero attached hydrogens (tertiary/aromatic N) is 1. The molecule has 0 saturated carbocycles. The molecule has 0 aliphatic carbocycles. The number of aromatic nitrogens is 1. The van der Waals surface area contributed by atoms with Crippen molar-refractivity contribution in [1.29, 1.82) is 0 Å². The lowest BCUT2D eigenvalue weighted by Gasteiger charge is -2.34. The smallest absolute Gasteiger partial charge is 0.331 e. The van der Waals surface area contributed by atoms with Crippen molar-refractivity contribution in [1.82, 2.24) is 4.98 Å². The minimum absolute atomic E-state index is 0.134.